The van der Waals surface area contributed by atoms with Crippen molar-refractivity contribution in [3.63, 3.8) is 0 Å². The molecule has 0 heterocycles. The third-order valence-electron chi connectivity index (χ3n) is 3.35. The second kappa shape index (κ2) is 6.07. The van der Waals surface area contributed by atoms with Crippen molar-refractivity contribution in [3.8, 4) is 0 Å². The molecule has 0 saturated heterocycles. The molecule has 20 heavy (non-hydrogen) atoms. The average Bonchev–Trinajstić information content (AvgIpc) is 2.55. The fourth-order valence-corrected chi connectivity index (χ4v) is 2.35. The van der Waals surface area contributed by atoms with Gasteiger partial charge in [-0.2, -0.15) is 0 Å². The van der Waals surface area contributed by atoms with Gasteiger partial charge in [-0.05, 0) is 23.3 Å². The van der Waals surface area contributed by atoms with E-state index in [1.807, 2.05) is 18.2 Å². The lowest BCUT2D eigenvalue weighted by Gasteiger charge is -2.21. The van der Waals surface area contributed by atoms with Crippen LogP contribution in [0.25, 0.3) is 0 Å². The van der Waals surface area contributed by atoms with Crippen LogP contribution in [0.1, 0.15) is 17.2 Å². The van der Waals surface area contributed by atoms with Gasteiger partial charge < -0.3 is 5.32 Å². The number of rotatable bonds is 4. The molecule has 0 saturated carbocycles. The van der Waals surface area contributed by atoms with Gasteiger partial charge in [0.15, 0.2) is 0 Å². The van der Waals surface area contributed by atoms with Crippen molar-refractivity contribution >= 4 is 5.69 Å². The van der Waals surface area contributed by atoms with Gasteiger partial charge in [-0.15, -0.1) is 0 Å². The van der Waals surface area contributed by atoms with Gasteiger partial charge in [0.25, 0.3) is 0 Å². The van der Waals surface area contributed by atoms with Gasteiger partial charge in [0.05, 0.1) is 6.04 Å². The molecule has 1 nitrogen and oxygen atoms in total. The Bertz CT molecular complexity index is 593. The lowest BCUT2D eigenvalue weighted by molar-refractivity contribution is 0.939. The first-order valence-electron chi connectivity index (χ1n) is 6.85. The summed E-state index contributed by atoms with van der Waals surface area (Å²) in [5, 5.41) is 3.61. The van der Waals surface area contributed by atoms with Crippen molar-refractivity contribution in [2.24, 2.45) is 0 Å². The molecule has 0 aromatic heterocycles. The molecule has 0 aliphatic heterocycles. The van der Waals surface area contributed by atoms with Gasteiger partial charge in [-0.1, -0.05) is 78.9 Å². The molecular weight excluding hydrogens is 242 g/mol. The Labute approximate surface area is 119 Å². The summed E-state index contributed by atoms with van der Waals surface area (Å²) in [7, 11) is 0. The van der Waals surface area contributed by atoms with Crippen molar-refractivity contribution in [1.29, 1.82) is 0 Å². The first-order valence-corrected chi connectivity index (χ1v) is 6.85. The summed E-state index contributed by atoms with van der Waals surface area (Å²) in [5.74, 6) is 0. The Morgan fingerprint density at radius 2 is 0.900 bits per heavy atom. The summed E-state index contributed by atoms with van der Waals surface area (Å²) in [6, 6.07) is 31.6. The maximum Gasteiger partial charge on any atom is 0.0767 e. The molecule has 1 N–H and O–H groups in total. The van der Waals surface area contributed by atoms with Gasteiger partial charge in [-0.25, -0.2) is 0 Å². The molecule has 3 aromatic rings. The van der Waals surface area contributed by atoms with Gasteiger partial charge in [0, 0.05) is 5.69 Å². The number of anilines is 1. The van der Waals surface area contributed by atoms with E-state index >= 15 is 0 Å². The smallest absolute Gasteiger partial charge is 0.0767 e. The minimum absolute atomic E-state index is 0.166. The molecular formula is C19H17N. The molecule has 0 aliphatic carbocycles. The molecule has 0 bridgehead atoms. The van der Waals surface area contributed by atoms with Crippen LogP contribution in [-0.2, 0) is 0 Å². The highest BCUT2D eigenvalue weighted by atomic mass is 14.9. The monoisotopic (exact) mass is 259 g/mol. The predicted octanol–water partition coefficient (Wildman–Crippen LogP) is 4.89. The van der Waals surface area contributed by atoms with Crippen LogP contribution in [0, 0.1) is 0 Å². The first-order chi connectivity index (χ1) is 9.93. The lowest BCUT2D eigenvalue weighted by atomic mass is 9.98. The topological polar surface area (TPSA) is 12.0 Å². The maximum atomic E-state index is 3.61. The zero-order valence-electron chi connectivity index (χ0n) is 11.2. The highest BCUT2D eigenvalue weighted by Crippen LogP contribution is 2.26. The number of hydrogen-bond acceptors (Lipinski definition) is 1. The van der Waals surface area contributed by atoms with Crippen LogP contribution in [0.5, 0.6) is 0 Å². The summed E-state index contributed by atoms with van der Waals surface area (Å²) in [6.45, 7) is 0. The van der Waals surface area contributed by atoms with E-state index in [1.54, 1.807) is 0 Å². The fraction of sp³-hybridized carbons (Fsp3) is 0.0526. The predicted molar refractivity (Wildman–Crippen MR) is 84.8 cm³/mol. The highest BCUT2D eigenvalue weighted by Gasteiger charge is 2.12. The van der Waals surface area contributed by atoms with Crippen molar-refractivity contribution in [2.45, 2.75) is 6.04 Å². The van der Waals surface area contributed by atoms with E-state index in [-0.39, 0.29) is 6.04 Å². The van der Waals surface area contributed by atoms with Crippen molar-refractivity contribution in [2.75, 3.05) is 5.32 Å². The normalized spacial score (nSPS) is 10.4. The average molecular weight is 259 g/mol. The molecule has 0 amide bonds. The van der Waals surface area contributed by atoms with Crippen LogP contribution in [0.15, 0.2) is 91.0 Å². The molecule has 0 aliphatic rings. The standard InChI is InChI=1S/C19H17N/c1-4-10-16(11-5-1)19(17-12-6-2-7-13-17)20-18-14-8-3-9-15-18/h1-15,19-20H. The van der Waals surface area contributed by atoms with E-state index < -0.39 is 0 Å². The molecule has 3 rings (SSSR count). The van der Waals surface area contributed by atoms with E-state index in [9.17, 15) is 0 Å². The summed E-state index contributed by atoms with van der Waals surface area (Å²) < 4.78 is 0. The van der Waals surface area contributed by atoms with Crippen LogP contribution in [0.3, 0.4) is 0 Å². The fourth-order valence-electron chi connectivity index (χ4n) is 2.35. The zero-order valence-corrected chi connectivity index (χ0v) is 11.2. The molecule has 1 heteroatoms. The summed E-state index contributed by atoms with van der Waals surface area (Å²) in [4.78, 5) is 0. The first kappa shape index (κ1) is 12.5. The van der Waals surface area contributed by atoms with Gasteiger partial charge in [0.1, 0.15) is 0 Å². The third-order valence-corrected chi connectivity index (χ3v) is 3.35. The second-order valence-corrected chi connectivity index (χ2v) is 4.76. The molecule has 0 atom stereocenters. The van der Waals surface area contributed by atoms with Crippen LogP contribution >= 0.6 is 0 Å². The SMILES string of the molecule is c1ccc(NC(c2ccccc2)c2ccccc2)cc1. The molecule has 0 radical (unpaired) electrons. The Balaban J connectivity index is 1.96. The summed E-state index contributed by atoms with van der Waals surface area (Å²) in [6.07, 6.45) is 0. The Kier molecular flexibility index (Phi) is 3.79. The number of benzene rings is 3. The molecule has 98 valence electrons. The van der Waals surface area contributed by atoms with Gasteiger partial charge in [0.2, 0.25) is 0 Å². The molecule has 0 spiro atoms. The van der Waals surface area contributed by atoms with Crippen LogP contribution in [0.4, 0.5) is 5.69 Å². The van der Waals surface area contributed by atoms with Gasteiger partial charge >= 0.3 is 0 Å². The molecule has 3 aromatic carbocycles. The Morgan fingerprint density at radius 3 is 1.35 bits per heavy atom. The van der Waals surface area contributed by atoms with E-state index in [0.29, 0.717) is 0 Å². The van der Waals surface area contributed by atoms with Crippen molar-refractivity contribution in [1.82, 2.24) is 0 Å². The van der Waals surface area contributed by atoms with E-state index in [2.05, 4.69) is 78.1 Å². The quantitative estimate of drug-likeness (QED) is 0.703. The highest BCUT2D eigenvalue weighted by molar-refractivity contribution is 5.48. The van der Waals surface area contributed by atoms with E-state index in [1.165, 1.54) is 11.1 Å². The Hall–Kier alpha value is -2.54. The summed E-state index contributed by atoms with van der Waals surface area (Å²) in [5.41, 5.74) is 3.66. The van der Waals surface area contributed by atoms with Crippen molar-refractivity contribution < 1.29 is 0 Å². The molecule has 0 fully saturated rings. The minimum atomic E-state index is 0.166. The summed E-state index contributed by atoms with van der Waals surface area (Å²) >= 11 is 0. The van der Waals surface area contributed by atoms with E-state index in [4.69, 9.17) is 0 Å². The largest absolute Gasteiger partial charge is 0.374 e. The number of para-hydroxylation sites is 1. The lowest BCUT2D eigenvalue weighted by Crippen LogP contribution is -2.12. The Morgan fingerprint density at radius 1 is 0.500 bits per heavy atom. The van der Waals surface area contributed by atoms with Crippen LogP contribution in [-0.4, -0.2) is 0 Å². The number of nitrogens with one attached hydrogen (secondary N) is 1. The van der Waals surface area contributed by atoms with Crippen LogP contribution in [0.2, 0.25) is 0 Å². The van der Waals surface area contributed by atoms with Crippen molar-refractivity contribution in [3.05, 3.63) is 102 Å². The third kappa shape index (κ3) is 2.89. The molecule has 0 unspecified atom stereocenters. The second-order valence-electron chi connectivity index (χ2n) is 4.76. The van der Waals surface area contributed by atoms with Gasteiger partial charge in [-0.3, -0.25) is 0 Å². The number of hydrogen-bond donors (Lipinski definition) is 1. The van der Waals surface area contributed by atoms with Crippen LogP contribution < -0.4 is 5.32 Å². The minimum Gasteiger partial charge on any atom is -0.374 e. The van der Waals surface area contributed by atoms with E-state index in [0.717, 1.165) is 5.69 Å². The zero-order chi connectivity index (χ0) is 13.6. The maximum absolute atomic E-state index is 3.61.